The van der Waals surface area contributed by atoms with E-state index in [9.17, 15) is 14.9 Å². The summed E-state index contributed by atoms with van der Waals surface area (Å²) in [6.07, 6.45) is 1.04. The second-order valence-electron chi connectivity index (χ2n) is 7.01. The summed E-state index contributed by atoms with van der Waals surface area (Å²) in [5.41, 5.74) is 2.94. The molecule has 3 rings (SSSR count). The van der Waals surface area contributed by atoms with Gasteiger partial charge in [0.25, 0.3) is 5.69 Å². The molecule has 0 aliphatic carbocycles. The summed E-state index contributed by atoms with van der Waals surface area (Å²) >= 11 is 0. The summed E-state index contributed by atoms with van der Waals surface area (Å²) in [4.78, 5) is 27.1. The molecule has 0 atom stereocenters. The zero-order valence-corrected chi connectivity index (χ0v) is 16.8. The zero-order valence-electron chi connectivity index (χ0n) is 16.8. The number of ether oxygens (including phenoxy) is 1. The van der Waals surface area contributed by atoms with E-state index < -0.39 is 4.92 Å². The van der Waals surface area contributed by atoms with Crippen molar-refractivity contribution in [2.24, 2.45) is 0 Å². The van der Waals surface area contributed by atoms with Crippen LogP contribution in [0.25, 0.3) is 0 Å². The Kier molecular flexibility index (Phi) is 6.66. The third kappa shape index (κ3) is 5.23. The van der Waals surface area contributed by atoms with Gasteiger partial charge in [0.1, 0.15) is 5.75 Å². The number of rotatable bonds is 6. The maximum atomic E-state index is 12.6. The largest absolute Gasteiger partial charge is 0.494 e. The van der Waals surface area contributed by atoms with E-state index in [0.29, 0.717) is 18.8 Å². The molecule has 29 heavy (non-hydrogen) atoms. The van der Waals surface area contributed by atoms with Crippen LogP contribution in [0.5, 0.6) is 5.75 Å². The molecule has 0 radical (unpaired) electrons. The number of piperazine rings is 1. The standard InChI is InChI=1S/C21H26N4O4/c1-3-16-4-6-17(7-5-16)15-23-10-12-24(13-11-23)21(26)22-19-9-8-18(25(27)28)14-20(19)29-2/h4-9,14H,3,10-13,15H2,1-2H3,(H,22,26). The summed E-state index contributed by atoms with van der Waals surface area (Å²) in [6.45, 7) is 5.84. The first-order chi connectivity index (χ1) is 14.0. The fraction of sp³-hybridized carbons (Fsp3) is 0.381. The van der Waals surface area contributed by atoms with Crippen molar-refractivity contribution in [3.63, 3.8) is 0 Å². The molecule has 8 nitrogen and oxygen atoms in total. The molecule has 2 aromatic carbocycles. The van der Waals surface area contributed by atoms with E-state index in [0.717, 1.165) is 26.1 Å². The van der Waals surface area contributed by atoms with Gasteiger partial charge in [-0.1, -0.05) is 31.2 Å². The molecule has 0 saturated carbocycles. The van der Waals surface area contributed by atoms with Crippen molar-refractivity contribution < 1.29 is 14.5 Å². The number of carbonyl (C=O) groups excluding carboxylic acids is 1. The number of hydrogen-bond donors (Lipinski definition) is 1. The monoisotopic (exact) mass is 398 g/mol. The van der Waals surface area contributed by atoms with Gasteiger partial charge in [-0.3, -0.25) is 15.0 Å². The third-order valence-electron chi connectivity index (χ3n) is 5.13. The molecule has 8 heteroatoms. The van der Waals surface area contributed by atoms with E-state index in [1.54, 1.807) is 4.90 Å². The van der Waals surface area contributed by atoms with Crippen molar-refractivity contribution in [3.05, 3.63) is 63.7 Å². The van der Waals surface area contributed by atoms with Gasteiger partial charge in [-0.2, -0.15) is 0 Å². The van der Waals surface area contributed by atoms with Gasteiger partial charge in [-0.15, -0.1) is 0 Å². The quantitative estimate of drug-likeness (QED) is 0.594. The van der Waals surface area contributed by atoms with Crippen molar-refractivity contribution in [1.82, 2.24) is 9.80 Å². The van der Waals surface area contributed by atoms with Crippen LogP contribution in [-0.4, -0.2) is 54.0 Å². The average molecular weight is 398 g/mol. The van der Waals surface area contributed by atoms with Gasteiger partial charge in [-0.05, 0) is 23.6 Å². The van der Waals surface area contributed by atoms with E-state index in [2.05, 4.69) is 41.4 Å². The van der Waals surface area contributed by atoms with Crippen LogP contribution in [0.4, 0.5) is 16.2 Å². The van der Waals surface area contributed by atoms with Crippen LogP contribution in [0.3, 0.4) is 0 Å². The number of nitro benzene ring substituents is 1. The van der Waals surface area contributed by atoms with Gasteiger partial charge in [0.2, 0.25) is 0 Å². The molecule has 1 aliphatic rings. The number of benzene rings is 2. The number of amides is 2. The first-order valence-electron chi connectivity index (χ1n) is 9.68. The molecule has 154 valence electrons. The van der Waals surface area contributed by atoms with Crippen molar-refractivity contribution in [2.45, 2.75) is 19.9 Å². The molecule has 1 heterocycles. The Hall–Kier alpha value is -3.13. The molecule has 1 aliphatic heterocycles. The maximum absolute atomic E-state index is 12.6. The Labute approximate surface area is 170 Å². The summed E-state index contributed by atoms with van der Waals surface area (Å²) in [5, 5.41) is 13.7. The van der Waals surface area contributed by atoms with E-state index in [-0.39, 0.29) is 17.5 Å². The summed E-state index contributed by atoms with van der Waals surface area (Å²) < 4.78 is 5.18. The Morgan fingerprint density at radius 1 is 1.10 bits per heavy atom. The smallest absolute Gasteiger partial charge is 0.322 e. The number of nitrogens with zero attached hydrogens (tertiary/aromatic N) is 3. The van der Waals surface area contributed by atoms with Gasteiger partial charge in [0.15, 0.2) is 0 Å². The fourth-order valence-electron chi connectivity index (χ4n) is 3.34. The second kappa shape index (κ2) is 9.38. The van der Waals surface area contributed by atoms with Crippen LogP contribution < -0.4 is 10.1 Å². The summed E-state index contributed by atoms with van der Waals surface area (Å²) in [7, 11) is 1.42. The average Bonchev–Trinajstić information content (AvgIpc) is 2.75. The number of nitro groups is 1. The fourth-order valence-corrected chi connectivity index (χ4v) is 3.34. The minimum absolute atomic E-state index is 0.0829. The highest BCUT2D eigenvalue weighted by atomic mass is 16.6. The highest BCUT2D eigenvalue weighted by molar-refractivity contribution is 5.91. The summed E-state index contributed by atoms with van der Waals surface area (Å²) in [5.74, 6) is 0.265. The van der Waals surface area contributed by atoms with E-state index in [4.69, 9.17) is 4.74 Å². The van der Waals surface area contributed by atoms with Crippen molar-refractivity contribution >= 4 is 17.4 Å². The molecule has 0 spiro atoms. The third-order valence-corrected chi connectivity index (χ3v) is 5.13. The molecule has 1 saturated heterocycles. The van der Waals surface area contributed by atoms with E-state index in [1.807, 2.05) is 0 Å². The number of carbonyl (C=O) groups is 1. The molecule has 0 unspecified atom stereocenters. The highest BCUT2D eigenvalue weighted by Crippen LogP contribution is 2.29. The Balaban J connectivity index is 1.54. The predicted octanol–water partition coefficient (Wildman–Crippen LogP) is 3.52. The van der Waals surface area contributed by atoms with Crippen LogP contribution in [0.15, 0.2) is 42.5 Å². The summed E-state index contributed by atoms with van der Waals surface area (Å²) in [6, 6.07) is 12.6. The molecular formula is C21H26N4O4. The molecule has 1 fully saturated rings. The number of urea groups is 1. The van der Waals surface area contributed by atoms with Crippen molar-refractivity contribution in [2.75, 3.05) is 38.6 Å². The second-order valence-corrected chi connectivity index (χ2v) is 7.01. The zero-order chi connectivity index (χ0) is 20.8. The molecule has 1 N–H and O–H groups in total. The lowest BCUT2D eigenvalue weighted by atomic mass is 10.1. The van der Waals surface area contributed by atoms with Crippen LogP contribution in [0.2, 0.25) is 0 Å². The predicted molar refractivity (Wildman–Crippen MR) is 111 cm³/mol. The highest BCUT2D eigenvalue weighted by Gasteiger charge is 2.22. The number of aryl methyl sites for hydroxylation is 1. The first kappa shape index (κ1) is 20.6. The maximum Gasteiger partial charge on any atom is 0.322 e. The van der Waals surface area contributed by atoms with E-state index in [1.165, 1.54) is 36.4 Å². The van der Waals surface area contributed by atoms with Gasteiger partial charge in [0.05, 0.1) is 23.8 Å². The first-order valence-corrected chi connectivity index (χ1v) is 9.68. The van der Waals surface area contributed by atoms with Crippen LogP contribution in [-0.2, 0) is 13.0 Å². The molecular weight excluding hydrogens is 372 g/mol. The lowest BCUT2D eigenvalue weighted by Gasteiger charge is -2.34. The van der Waals surface area contributed by atoms with Gasteiger partial charge >= 0.3 is 6.03 Å². The number of hydrogen-bond acceptors (Lipinski definition) is 5. The lowest BCUT2D eigenvalue weighted by molar-refractivity contribution is -0.384. The van der Waals surface area contributed by atoms with Gasteiger partial charge < -0.3 is 15.0 Å². The molecule has 2 amide bonds. The Bertz CT molecular complexity index is 861. The van der Waals surface area contributed by atoms with Gasteiger partial charge in [-0.25, -0.2) is 4.79 Å². The minimum atomic E-state index is -0.497. The molecule has 0 bridgehead atoms. The molecule has 0 aromatic heterocycles. The minimum Gasteiger partial charge on any atom is -0.494 e. The molecule has 2 aromatic rings. The van der Waals surface area contributed by atoms with Crippen molar-refractivity contribution in [3.8, 4) is 5.75 Å². The van der Waals surface area contributed by atoms with Gasteiger partial charge in [0, 0.05) is 38.8 Å². The lowest BCUT2D eigenvalue weighted by Crippen LogP contribution is -2.49. The van der Waals surface area contributed by atoms with Crippen LogP contribution in [0, 0.1) is 10.1 Å². The SMILES string of the molecule is CCc1ccc(CN2CCN(C(=O)Nc3ccc([N+](=O)[O-])cc3OC)CC2)cc1. The number of nitrogens with one attached hydrogen (secondary N) is 1. The van der Waals surface area contributed by atoms with Crippen LogP contribution >= 0.6 is 0 Å². The number of methoxy groups -OCH3 is 1. The number of non-ortho nitro benzene ring substituents is 1. The number of anilines is 1. The Morgan fingerprint density at radius 2 is 1.76 bits per heavy atom. The Morgan fingerprint density at radius 3 is 2.34 bits per heavy atom. The topological polar surface area (TPSA) is 88.0 Å². The van der Waals surface area contributed by atoms with Crippen LogP contribution in [0.1, 0.15) is 18.1 Å². The normalized spacial score (nSPS) is 14.5. The van der Waals surface area contributed by atoms with E-state index >= 15 is 0 Å². The van der Waals surface area contributed by atoms with Crippen molar-refractivity contribution in [1.29, 1.82) is 0 Å².